The molecule has 0 aliphatic rings. The van der Waals surface area contributed by atoms with E-state index in [0.29, 0.717) is 27.8 Å². The van der Waals surface area contributed by atoms with E-state index in [-0.39, 0.29) is 16.6 Å². The van der Waals surface area contributed by atoms with Crippen molar-refractivity contribution < 1.29 is 14.4 Å². The van der Waals surface area contributed by atoms with Crippen molar-refractivity contribution in [2.75, 3.05) is 10.6 Å². The Hall–Kier alpha value is -4.82. The van der Waals surface area contributed by atoms with Gasteiger partial charge in [-0.05, 0) is 83.3 Å². The average molecular weight is 695 g/mol. The second-order valence-electron chi connectivity index (χ2n) is 11.2. The van der Waals surface area contributed by atoms with Crippen LogP contribution in [0.25, 0.3) is 6.08 Å². The Kier molecular flexibility index (Phi) is 11.7. The molecular weight excluding hydrogens is 661 g/mol. The van der Waals surface area contributed by atoms with Crippen LogP contribution < -0.4 is 16.0 Å². The molecule has 0 saturated carbocycles. The zero-order chi connectivity index (χ0) is 34.0. The minimum Gasteiger partial charge on any atom is -0.325 e. The molecule has 0 aliphatic heterocycles. The van der Waals surface area contributed by atoms with E-state index in [1.807, 2.05) is 66.7 Å². The summed E-state index contributed by atoms with van der Waals surface area (Å²) in [6, 6.07) is 38.2. The van der Waals surface area contributed by atoms with Gasteiger partial charge < -0.3 is 16.0 Å². The summed E-state index contributed by atoms with van der Waals surface area (Å²) in [6.45, 7) is 4.26. The predicted octanol–water partition coefficient (Wildman–Crippen LogP) is 10.00. The Morgan fingerprint density at radius 1 is 0.667 bits per heavy atom. The smallest absolute Gasteiger partial charge is 0.272 e. The molecule has 3 N–H and O–H groups in total. The highest BCUT2D eigenvalue weighted by Crippen LogP contribution is 2.37. The van der Waals surface area contributed by atoms with Crippen molar-refractivity contribution in [3.8, 4) is 0 Å². The van der Waals surface area contributed by atoms with Gasteiger partial charge in [-0.3, -0.25) is 14.4 Å². The molecule has 242 valence electrons. The van der Waals surface area contributed by atoms with Crippen LogP contribution in [-0.4, -0.2) is 17.7 Å². The van der Waals surface area contributed by atoms with E-state index in [1.165, 1.54) is 23.4 Å². The Morgan fingerprint density at radius 3 is 1.92 bits per heavy atom. The van der Waals surface area contributed by atoms with Crippen LogP contribution in [0.4, 0.5) is 11.4 Å². The third-order valence-corrected chi connectivity index (χ3v) is 9.46. The summed E-state index contributed by atoms with van der Waals surface area (Å²) >= 11 is 14.0. The highest BCUT2D eigenvalue weighted by Gasteiger charge is 2.23. The van der Waals surface area contributed by atoms with Gasteiger partial charge in [-0.15, -0.1) is 11.8 Å². The van der Waals surface area contributed by atoms with Gasteiger partial charge in [0.15, 0.2) is 0 Å². The lowest BCUT2D eigenvalue weighted by Crippen LogP contribution is -2.30. The minimum absolute atomic E-state index is 0.0197. The Labute approximate surface area is 294 Å². The van der Waals surface area contributed by atoms with Crippen LogP contribution in [0.5, 0.6) is 0 Å². The number of carbonyl (C=O) groups is 3. The second-order valence-corrected chi connectivity index (χ2v) is 13.1. The first-order chi connectivity index (χ1) is 23.2. The Balaban J connectivity index is 1.33. The Bertz CT molecular complexity index is 1910. The predicted molar refractivity (Wildman–Crippen MR) is 198 cm³/mol. The molecule has 0 aromatic heterocycles. The third-order valence-electron chi connectivity index (χ3n) is 7.36. The SMILES string of the molecule is CC(C)c1ccc(NC(=O)C(Sc2ccc(NC(=O)/C(=C/c3cccc(Cl)c3Cl)NC(=O)c3ccccc3)cc2)c2ccccc2)cc1. The molecule has 1 atom stereocenters. The van der Waals surface area contributed by atoms with Crippen LogP contribution in [0.15, 0.2) is 138 Å². The highest BCUT2D eigenvalue weighted by molar-refractivity contribution is 8.00. The molecule has 9 heteroatoms. The summed E-state index contributed by atoms with van der Waals surface area (Å²) in [5.41, 5.74) is 4.12. The van der Waals surface area contributed by atoms with Crippen molar-refractivity contribution in [1.82, 2.24) is 5.32 Å². The van der Waals surface area contributed by atoms with Crippen LogP contribution in [0.1, 0.15) is 52.1 Å². The summed E-state index contributed by atoms with van der Waals surface area (Å²) in [5.74, 6) is -0.763. The molecule has 0 spiro atoms. The summed E-state index contributed by atoms with van der Waals surface area (Å²) in [6.07, 6.45) is 1.48. The zero-order valence-corrected chi connectivity index (χ0v) is 28.6. The maximum absolute atomic E-state index is 13.6. The second kappa shape index (κ2) is 16.3. The molecule has 5 rings (SSSR count). The first-order valence-electron chi connectivity index (χ1n) is 15.2. The maximum atomic E-state index is 13.6. The molecule has 0 radical (unpaired) electrons. The number of halogens is 2. The van der Waals surface area contributed by atoms with Gasteiger partial charge in [-0.25, -0.2) is 0 Å². The summed E-state index contributed by atoms with van der Waals surface area (Å²) in [7, 11) is 0. The fraction of sp³-hybridized carbons (Fsp3) is 0.103. The molecule has 0 aliphatic carbocycles. The summed E-state index contributed by atoms with van der Waals surface area (Å²) in [4.78, 5) is 40.9. The molecule has 5 aromatic rings. The molecule has 0 saturated heterocycles. The topological polar surface area (TPSA) is 87.3 Å². The van der Waals surface area contributed by atoms with Crippen LogP contribution >= 0.6 is 35.0 Å². The molecule has 0 bridgehead atoms. The summed E-state index contributed by atoms with van der Waals surface area (Å²) < 4.78 is 0. The van der Waals surface area contributed by atoms with Crippen molar-refractivity contribution in [1.29, 1.82) is 0 Å². The number of carbonyl (C=O) groups excluding carboxylic acids is 3. The van der Waals surface area contributed by atoms with Gasteiger partial charge in [-0.2, -0.15) is 0 Å². The van der Waals surface area contributed by atoms with Crippen LogP contribution in [0.3, 0.4) is 0 Å². The van der Waals surface area contributed by atoms with Crippen molar-refractivity contribution >= 4 is 70.1 Å². The van der Waals surface area contributed by atoms with E-state index >= 15 is 0 Å². The molecule has 1 unspecified atom stereocenters. The molecule has 48 heavy (non-hydrogen) atoms. The number of rotatable bonds is 11. The molecule has 0 heterocycles. The molecule has 0 fully saturated rings. The number of amides is 3. The van der Waals surface area contributed by atoms with E-state index < -0.39 is 17.1 Å². The number of hydrogen-bond acceptors (Lipinski definition) is 4. The molecule has 5 aromatic carbocycles. The normalized spacial score (nSPS) is 11.9. The van der Waals surface area contributed by atoms with Crippen LogP contribution in [0.2, 0.25) is 10.0 Å². The van der Waals surface area contributed by atoms with Gasteiger partial charge >= 0.3 is 0 Å². The fourth-order valence-corrected chi connectivity index (χ4v) is 6.13. The van der Waals surface area contributed by atoms with Gasteiger partial charge in [-0.1, -0.05) is 110 Å². The lowest BCUT2D eigenvalue weighted by Gasteiger charge is -2.18. The maximum Gasteiger partial charge on any atom is 0.272 e. The average Bonchev–Trinajstić information content (AvgIpc) is 3.10. The largest absolute Gasteiger partial charge is 0.325 e. The highest BCUT2D eigenvalue weighted by atomic mass is 35.5. The van der Waals surface area contributed by atoms with Crippen molar-refractivity contribution in [3.63, 3.8) is 0 Å². The quantitative estimate of drug-likeness (QED) is 0.0949. The van der Waals surface area contributed by atoms with Crippen molar-refractivity contribution in [3.05, 3.63) is 165 Å². The van der Waals surface area contributed by atoms with Gasteiger partial charge in [0.2, 0.25) is 5.91 Å². The monoisotopic (exact) mass is 693 g/mol. The number of hydrogen-bond donors (Lipinski definition) is 3. The summed E-state index contributed by atoms with van der Waals surface area (Å²) in [5, 5.41) is 8.65. The van der Waals surface area contributed by atoms with E-state index in [1.54, 1.807) is 60.7 Å². The first kappa shape index (κ1) is 34.5. The molecule has 3 amide bonds. The van der Waals surface area contributed by atoms with Gasteiger partial charge in [0, 0.05) is 21.8 Å². The number of thioether (sulfide) groups is 1. The van der Waals surface area contributed by atoms with Crippen LogP contribution in [-0.2, 0) is 9.59 Å². The Morgan fingerprint density at radius 2 is 1.27 bits per heavy atom. The number of anilines is 2. The molecular formula is C39H33Cl2N3O3S. The van der Waals surface area contributed by atoms with E-state index in [9.17, 15) is 14.4 Å². The van der Waals surface area contributed by atoms with Crippen LogP contribution in [0, 0.1) is 0 Å². The lowest BCUT2D eigenvalue weighted by atomic mass is 10.0. The number of nitrogens with one attached hydrogen (secondary N) is 3. The van der Waals surface area contributed by atoms with Gasteiger partial charge in [0.25, 0.3) is 11.8 Å². The molecule has 6 nitrogen and oxygen atoms in total. The third kappa shape index (κ3) is 9.16. The van der Waals surface area contributed by atoms with Crippen molar-refractivity contribution in [2.24, 2.45) is 0 Å². The lowest BCUT2D eigenvalue weighted by molar-refractivity contribution is -0.116. The first-order valence-corrected chi connectivity index (χ1v) is 16.9. The number of benzene rings is 5. The van der Waals surface area contributed by atoms with Gasteiger partial charge in [0.1, 0.15) is 10.9 Å². The minimum atomic E-state index is -0.555. The fourth-order valence-electron chi connectivity index (χ4n) is 4.74. The standard InChI is InChI=1S/C39H33Cl2N3O3S/c1-25(2)26-16-18-30(19-17-26)43-39(47)36(27-10-5-3-6-11-27)48-32-22-20-31(21-23-32)42-38(46)34(24-29-14-9-15-33(40)35(29)41)44-37(45)28-12-7-4-8-13-28/h3-25,36H,1-2H3,(H,42,46)(H,43,47)(H,44,45)/b34-24-. The van der Waals surface area contributed by atoms with E-state index in [0.717, 1.165) is 16.1 Å². The van der Waals surface area contributed by atoms with Gasteiger partial charge in [0.05, 0.1) is 10.0 Å². The van der Waals surface area contributed by atoms with E-state index in [2.05, 4.69) is 29.8 Å². The zero-order valence-electron chi connectivity index (χ0n) is 26.2. The van der Waals surface area contributed by atoms with E-state index in [4.69, 9.17) is 23.2 Å². The van der Waals surface area contributed by atoms with Crippen molar-refractivity contribution in [2.45, 2.75) is 29.9 Å².